The summed E-state index contributed by atoms with van der Waals surface area (Å²) in [5.41, 5.74) is 1.26. The summed E-state index contributed by atoms with van der Waals surface area (Å²) in [7, 11) is 0. The average Bonchev–Trinajstić information content (AvgIpc) is 2.22. The van der Waals surface area contributed by atoms with Crippen LogP contribution in [-0.4, -0.2) is 29.7 Å². The number of nitrogens with one attached hydrogen (secondary N) is 1. The van der Waals surface area contributed by atoms with Crippen LogP contribution in [0.15, 0.2) is 24.3 Å². The molecule has 0 saturated heterocycles. The molecule has 1 aromatic rings. The lowest BCUT2D eigenvalue weighted by molar-refractivity contribution is 0.474. The Morgan fingerprint density at radius 1 is 1.33 bits per heavy atom. The number of hydrogen-bond acceptors (Lipinski definition) is 3. The fraction of sp³-hybridized carbons (Fsp3) is 0.500. The molecule has 0 spiro atoms. The van der Waals surface area contributed by atoms with E-state index in [2.05, 4.69) is 18.5 Å². The molecule has 2 nitrogen and oxygen atoms in total. The molecular weight excluding hydrogens is 206 g/mol. The molecule has 0 heterocycles. The number of benzene rings is 1. The molecule has 1 atom stereocenters. The Bertz CT molecular complexity index is 273. The minimum absolute atomic E-state index is 0.335. The van der Waals surface area contributed by atoms with E-state index in [1.54, 1.807) is 12.1 Å². The van der Waals surface area contributed by atoms with Crippen LogP contribution >= 0.6 is 11.8 Å². The SMILES string of the molecule is CSCCNC(C)Cc1ccc(O)cc1. The van der Waals surface area contributed by atoms with Crippen molar-refractivity contribution < 1.29 is 5.11 Å². The standard InChI is InChI=1S/C12H19NOS/c1-10(13-7-8-15-2)9-11-3-5-12(14)6-4-11/h3-6,10,13-14H,7-9H2,1-2H3. The Kier molecular flexibility index (Phi) is 5.58. The third-order valence-corrected chi connectivity index (χ3v) is 2.89. The predicted molar refractivity (Wildman–Crippen MR) is 67.7 cm³/mol. The van der Waals surface area contributed by atoms with E-state index in [0.29, 0.717) is 11.8 Å². The molecule has 15 heavy (non-hydrogen) atoms. The summed E-state index contributed by atoms with van der Waals surface area (Å²) in [6, 6.07) is 7.92. The van der Waals surface area contributed by atoms with Crippen molar-refractivity contribution in [3.63, 3.8) is 0 Å². The largest absolute Gasteiger partial charge is 0.508 e. The maximum Gasteiger partial charge on any atom is 0.115 e. The van der Waals surface area contributed by atoms with Crippen molar-refractivity contribution in [2.75, 3.05) is 18.6 Å². The van der Waals surface area contributed by atoms with Crippen LogP contribution in [0.5, 0.6) is 5.75 Å². The van der Waals surface area contributed by atoms with Gasteiger partial charge in [0.1, 0.15) is 5.75 Å². The van der Waals surface area contributed by atoms with E-state index in [4.69, 9.17) is 5.11 Å². The first kappa shape index (κ1) is 12.4. The maximum atomic E-state index is 9.15. The molecule has 0 bridgehead atoms. The zero-order chi connectivity index (χ0) is 11.1. The summed E-state index contributed by atoms with van der Waals surface area (Å²) in [5.74, 6) is 1.49. The number of thioether (sulfide) groups is 1. The van der Waals surface area contributed by atoms with E-state index >= 15 is 0 Å². The number of aromatic hydroxyl groups is 1. The third-order valence-electron chi connectivity index (χ3n) is 2.28. The van der Waals surface area contributed by atoms with Crippen LogP contribution in [0.4, 0.5) is 0 Å². The van der Waals surface area contributed by atoms with Gasteiger partial charge in [0.05, 0.1) is 0 Å². The van der Waals surface area contributed by atoms with Crippen molar-refractivity contribution >= 4 is 11.8 Å². The molecule has 0 aliphatic carbocycles. The minimum atomic E-state index is 0.335. The molecule has 1 unspecified atom stereocenters. The van der Waals surface area contributed by atoms with Crippen LogP contribution in [0.1, 0.15) is 12.5 Å². The fourth-order valence-corrected chi connectivity index (χ4v) is 1.79. The Morgan fingerprint density at radius 2 is 2.00 bits per heavy atom. The van der Waals surface area contributed by atoms with Crippen LogP contribution in [-0.2, 0) is 6.42 Å². The molecule has 2 N–H and O–H groups in total. The molecule has 0 fully saturated rings. The highest BCUT2D eigenvalue weighted by Crippen LogP contribution is 2.11. The summed E-state index contributed by atoms with van der Waals surface area (Å²) >= 11 is 1.86. The van der Waals surface area contributed by atoms with Gasteiger partial charge in [-0.1, -0.05) is 12.1 Å². The summed E-state index contributed by atoms with van der Waals surface area (Å²) < 4.78 is 0. The maximum absolute atomic E-state index is 9.15. The van der Waals surface area contributed by atoms with E-state index in [0.717, 1.165) is 18.7 Å². The van der Waals surface area contributed by atoms with Gasteiger partial charge in [-0.2, -0.15) is 11.8 Å². The number of phenolic OH excluding ortho intramolecular Hbond substituents is 1. The Morgan fingerprint density at radius 3 is 2.60 bits per heavy atom. The van der Waals surface area contributed by atoms with E-state index in [-0.39, 0.29) is 0 Å². The highest BCUT2D eigenvalue weighted by Gasteiger charge is 2.02. The van der Waals surface area contributed by atoms with Crippen LogP contribution in [0.2, 0.25) is 0 Å². The second-order valence-corrected chi connectivity index (χ2v) is 4.70. The van der Waals surface area contributed by atoms with Crippen molar-refractivity contribution in [2.24, 2.45) is 0 Å². The van der Waals surface area contributed by atoms with E-state index < -0.39 is 0 Å². The molecule has 84 valence electrons. The topological polar surface area (TPSA) is 32.3 Å². The lowest BCUT2D eigenvalue weighted by Gasteiger charge is -2.13. The summed E-state index contributed by atoms with van der Waals surface area (Å²) in [6.07, 6.45) is 3.13. The van der Waals surface area contributed by atoms with Gasteiger partial charge >= 0.3 is 0 Å². The number of phenols is 1. The van der Waals surface area contributed by atoms with Gasteiger partial charge in [0.2, 0.25) is 0 Å². The summed E-state index contributed by atoms with van der Waals surface area (Å²) in [5, 5.41) is 12.6. The minimum Gasteiger partial charge on any atom is -0.508 e. The first-order chi connectivity index (χ1) is 7.22. The smallest absolute Gasteiger partial charge is 0.115 e. The fourth-order valence-electron chi connectivity index (χ4n) is 1.47. The van der Waals surface area contributed by atoms with Crippen LogP contribution in [0.25, 0.3) is 0 Å². The molecule has 3 heteroatoms. The number of hydrogen-bond donors (Lipinski definition) is 2. The predicted octanol–water partition coefficient (Wildman–Crippen LogP) is 2.28. The van der Waals surface area contributed by atoms with Crippen molar-refractivity contribution in [3.05, 3.63) is 29.8 Å². The molecule has 0 aromatic heterocycles. The molecule has 0 aliphatic rings. The van der Waals surface area contributed by atoms with Gasteiger partial charge in [-0.15, -0.1) is 0 Å². The molecule has 1 aromatic carbocycles. The van der Waals surface area contributed by atoms with Crippen molar-refractivity contribution in [3.8, 4) is 5.75 Å². The molecule has 1 rings (SSSR count). The van der Waals surface area contributed by atoms with Gasteiger partial charge in [0, 0.05) is 18.3 Å². The first-order valence-electron chi connectivity index (χ1n) is 5.22. The zero-order valence-electron chi connectivity index (χ0n) is 9.36. The van der Waals surface area contributed by atoms with Crippen LogP contribution in [0, 0.1) is 0 Å². The van der Waals surface area contributed by atoms with Gasteiger partial charge in [-0.3, -0.25) is 0 Å². The Hall–Kier alpha value is -0.670. The Labute approximate surface area is 96.1 Å². The zero-order valence-corrected chi connectivity index (χ0v) is 10.2. The first-order valence-corrected chi connectivity index (χ1v) is 6.62. The normalized spacial score (nSPS) is 12.7. The monoisotopic (exact) mass is 225 g/mol. The second-order valence-electron chi connectivity index (χ2n) is 3.72. The molecular formula is C12H19NOS. The van der Waals surface area contributed by atoms with Crippen molar-refractivity contribution in [2.45, 2.75) is 19.4 Å². The van der Waals surface area contributed by atoms with Gasteiger partial charge in [0.25, 0.3) is 0 Å². The molecule has 0 amide bonds. The molecule has 0 aliphatic heterocycles. The van der Waals surface area contributed by atoms with E-state index in [9.17, 15) is 0 Å². The van der Waals surface area contributed by atoms with Gasteiger partial charge < -0.3 is 10.4 Å². The summed E-state index contributed by atoms with van der Waals surface area (Å²) in [4.78, 5) is 0. The Balaban J connectivity index is 2.31. The lowest BCUT2D eigenvalue weighted by Crippen LogP contribution is -2.29. The average molecular weight is 225 g/mol. The van der Waals surface area contributed by atoms with Crippen molar-refractivity contribution in [1.82, 2.24) is 5.32 Å². The van der Waals surface area contributed by atoms with Crippen molar-refractivity contribution in [1.29, 1.82) is 0 Å². The number of rotatable bonds is 6. The highest BCUT2D eigenvalue weighted by atomic mass is 32.2. The van der Waals surface area contributed by atoms with E-state index in [1.807, 2.05) is 23.9 Å². The third kappa shape index (κ3) is 5.09. The highest BCUT2D eigenvalue weighted by molar-refractivity contribution is 7.98. The van der Waals surface area contributed by atoms with E-state index in [1.165, 1.54) is 5.56 Å². The van der Waals surface area contributed by atoms with Gasteiger partial charge in [0.15, 0.2) is 0 Å². The molecule has 0 radical (unpaired) electrons. The van der Waals surface area contributed by atoms with Crippen LogP contribution in [0.3, 0.4) is 0 Å². The quantitative estimate of drug-likeness (QED) is 0.729. The molecule has 0 saturated carbocycles. The van der Waals surface area contributed by atoms with Gasteiger partial charge in [-0.05, 0) is 37.3 Å². The lowest BCUT2D eigenvalue weighted by atomic mass is 10.1. The summed E-state index contributed by atoms with van der Waals surface area (Å²) in [6.45, 7) is 3.24. The second kappa shape index (κ2) is 6.75. The van der Waals surface area contributed by atoms with Gasteiger partial charge in [-0.25, -0.2) is 0 Å². The van der Waals surface area contributed by atoms with Crippen LogP contribution < -0.4 is 5.32 Å².